The molecule has 1 heterocycles. The predicted molar refractivity (Wildman–Crippen MR) is 122 cm³/mol. The lowest BCUT2D eigenvalue weighted by atomic mass is 10.1. The van der Waals surface area contributed by atoms with Gasteiger partial charge in [-0.25, -0.2) is 0 Å². The standard InChI is InChI=1S/C24H27N3S/c1-19-11-12-20(2)23(18-19)26-24(28)27(16-13-21-8-4-3-5-9-21)17-14-22-10-6-7-15-25-22/h3-12,15,18H,13-14,16-17H2,1-2H3,(H,26,28). The molecule has 0 unspecified atom stereocenters. The molecule has 4 heteroatoms. The summed E-state index contributed by atoms with van der Waals surface area (Å²) in [7, 11) is 0. The van der Waals surface area contributed by atoms with Crippen molar-refractivity contribution in [2.45, 2.75) is 26.7 Å². The maximum Gasteiger partial charge on any atom is 0.173 e. The highest BCUT2D eigenvalue weighted by Crippen LogP contribution is 2.17. The van der Waals surface area contributed by atoms with Gasteiger partial charge in [0.2, 0.25) is 0 Å². The summed E-state index contributed by atoms with van der Waals surface area (Å²) in [6, 6.07) is 23.0. The van der Waals surface area contributed by atoms with E-state index in [1.165, 1.54) is 16.7 Å². The Kier molecular flexibility index (Phi) is 7.15. The molecule has 3 nitrogen and oxygen atoms in total. The molecule has 0 aliphatic rings. The second-order valence-electron chi connectivity index (χ2n) is 7.04. The Morgan fingerprint density at radius 1 is 0.929 bits per heavy atom. The number of benzene rings is 2. The Hall–Kier alpha value is -2.72. The van der Waals surface area contributed by atoms with E-state index in [0.29, 0.717) is 0 Å². The summed E-state index contributed by atoms with van der Waals surface area (Å²) >= 11 is 5.79. The highest BCUT2D eigenvalue weighted by atomic mass is 32.1. The Bertz CT molecular complexity index is 851. The molecule has 0 aliphatic carbocycles. The van der Waals surface area contributed by atoms with Crippen LogP contribution in [-0.2, 0) is 12.8 Å². The zero-order valence-corrected chi connectivity index (χ0v) is 17.4. The maximum atomic E-state index is 5.79. The molecule has 0 amide bonds. The molecule has 1 aromatic heterocycles. The van der Waals surface area contributed by atoms with Crippen LogP contribution in [-0.4, -0.2) is 28.1 Å². The molecule has 0 aliphatic heterocycles. The molecular formula is C24H27N3S. The van der Waals surface area contributed by atoms with Crippen LogP contribution in [0.25, 0.3) is 0 Å². The molecule has 3 aromatic rings. The molecule has 0 spiro atoms. The van der Waals surface area contributed by atoms with Crippen LogP contribution in [0.1, 0.15) is 22.4 Å². The summed E-state index contributed by atoms with van der Waals surface area (Å²) in [6.07, 6.45) is 3.66. The first-order valence-electron chi connectivity index (χ1n) is 9.69. The second-order valence-corrected chi connectivity index (χ2v) is 7.43. The summed E-state index contributed by atoms with van der Waals surface area (Å²) in [5, 5.41) is 4.23. The van der Waals surface area contributed by atoms with Crippen molar-refractivity contribution in [1.82, 2.24) is 9.88 Å². The normalized spacial score (nSPS) is 10.5. The minimum Gasteiger partial charge on any atom is -0.348 e. The number of hydrogen-bond acceptors (Lipinski definition) is 2. The van der Waals surface area contributed by atoms with Crippen molar-refractivity contribution < 1.29 is 0 Å². The van der Waals surface area contributed by atoms with Gasteiger partial charge in [-0.2, -0.15) is 0 Å². The van der Waals surface area contributed by atoms with Crippen molar-refractivity contribution in [3.8, 4) is 0 Å². The SMILES string of the molecule is Cc1ccc(C)c(NC(=S)N(CCc2ccccc2)CCc2ccccn2)c1. The van der Waals surface area contributed by atoms with Gasteiger partial charge in [-0.15, -0.1) is 0 Å². The van der Waals surface area contributed by atoms with E-state index in [1.54, 1.807) is 0 Å². The van der Waals surface area contributed by atoms with Crippen molar-refractivity contribution in [3.63, 3.8) is 0 Å². The van der Waals surface area contributed by atoms with Crippen LogP contribution in [0.15, 0.2) is 72.9 Å². The van der Waals surface area contributed by atoms with Gasteiger partial charge in [-0.1, -0.05) is 48.5 Å². The fourth-order valence-corrected chi connectivity index (χ4v) is 3.38. The number of nitrogens with one attached hydrogen (secondary N) is 1. The van der Waals surface area contributed by atoms with E-state index in [2.05, 4.69) is 83.6 Å². The van der Waals surface area contributed by atoms with Gasteiger partial charge >= 0.3 is 0 Å². The van der Waals surface area contributed by atoms with Gasteiger partial charge < -0.3 is 10.2 Å². The van der Waals surface area contributed by atoms with Crippen molar-refractivity contribution in [3.05, 3.63) is 95.3 Å². The van der Waals surface area contributed by atoms with E-state index in [4.69, 9.17) is 12.2 Å². The van der Waals surface area contributed by atoms with Gasteiger partial charge in [0.05, 0.1) is 0 Å². The summed E-state index contributed by atoms with van der Waals surface area (Å²) in [4.78, 5) is 6.70. The molecule has 2 aromatic carbocycles. The van der Waals surface area contributed by atoms with Crippen LogP contribution in [0.5, 0.6) is 0 Å². The Labute approximate surface area is 173 Å². The first-order chi connectivity index (χ1) is 13.6. The molecule has 0 atom stereocenters. The second kappa shape index (κ2) is 10.00. The average Bonchev–Trinajstić information content (AvgIpc) is 2.72. The van der Waals surface area contributed by atoms with Gasteiger partial charge in [0.25, 0.3) is 0 Å². The molecule has 0 fully saturated rings. The Morgan fingerprint density at radius 3 is 2.43 bits per heavy atom. The first kappa shape index (κ1) is 20.0. The van der Waals surface area contributed by atoms with Crippen LogP contribution in [0.3, 0.4) is 0 Å². The number of nitrogens with zero attached hydrogens (tertiary/aromatic N) is 2. The van der Waals surface area contributed by atoms with E-state index in [-0.39, 0.29) is 0 Å². The van der Waals surface area contributed by atoms with Gasteiger partial charge in [-0.3, -0.25) is 4.98 Å². The van der Waals surface area contributed by atoms with Crippen LogP contribution < -0.4 is 5.32 Å². The van der Waals surface area contributed by atoms with E-state index in [0.717, 1.165) is 42.4 Å². The van der Waals surface area contributed by atoms with E-state index >= 15 is 0 Å². The molecule has 3 rings (SSSR count). The summed E-state index contributed by atoms with van der Waals surface area (Å²) in [5.41, 5.74) is 5.90. The molecule has 0 saturated heterocycles. The fraction of sp³-hybridized carbons (Fsp3) is 0.250. The molecular weight excluding hydrogens is 362 g/mol. The number of aryl methyl sites for hydroxylation is 2. The monoisotopic (exact) mass is 389 g/mol. The van der Waals surface area contributed by atoms with Gasteiger partial charge in [0.15, 0.2) is 5.11 Å². The van der Waals surface area contributed by atoms with Gasteiger partial charge in [0, 0.05) is 37.1 Å². The number of rotatable bonds is 7. The lowest BCUT2D eigenvalue weighted by Crippen LogP contribution is -2.38. The zero-order chi connectivity index (χ0) is 19.8. The fourth-order valence-electron chi connectivity index (χ4n) is 3.08. The molecule has 0 radical (unpaired) electrons. The minimum absolute atomic E-state index is 0.764. The van der Waals surface area contributed by atoms with Gasteiger partial charge in [0.1, 0.15) is 0 Å². The van der Waals surface area contributed by atoms with Crippen LogP contribution >= 0.6 is 12.2 Å². The highest BCUT2D eigenvalue weighted by Gasteiger charge is 2.12. The van der Waals surface area contributed by atoms with E-state index in [9.17, 15) is 0 Å². The largest absolute Gasteiger partial charge is 0.348 e. The first-order valence-corrected chi connectivity index (χ1v) is 10.1. The predicted octanol–water partition coefficient (Wildman–Crippen LogP) is 5.18. The van der Waals surface area contributed by atoms with E-state index in [1.807, 2.05) is 18.3 Å². The van der Waals surface area contributed by atoms with Gasteiger partial charge in [-0.05, 0) is 67.4 Å². The summed E-state index contributed by atoms with van der Waals surface area (Å²) in [5.74, 6) is 0. The Morgan fingerprint density at radius 2 is 1.68 bits per heavy atom. The number of thiocarbonyl (C=S) groups is 1. The number of aromatic nitrogens is 1. The Balaban J connectivity index is 1.69. The number of pyridine rings is 1. The highest BCUT2D eigenvalue weighted by molar-refractivity contribution is 7.80. The third-order valence-electron chi connectivity index (χ3n) is 4.80. The number of hydrogen-bond donors (Lipinski definition) is 1. The van der Waals surface area contributed by atoms with Crippen molar-refractivity contribution in [2.24, 2.45) is 0 Å². The topological polar surface area (TPSA) is 28.2 Å². The maximum absolute atomic E-state index is 5.79. The van der Waals surface area contributed by atoms with Crippen LogP contribution in [0.4, 0.5) is 5.69 Å². The lowest BCUT2D eigenvalue weighted by Gasteiger charge is -2.26. The van der Waals surface area contributed by atoms with Crippen LogP contribution in [0.2, 0.25) is 0 Å². The molecule has 28 heavy (non-hydrogen) atoms. The lowest BCUT2D eigenvalue weighted by molar-refractivity contribution is 0.430. The molecule has 1 N–H and O–H groups in total. The van der Waals surface area contributed by atoms with Crippen molar-refractivity contribution >= 4 is 23.0 Å². The summed E-state index contributed by atoms with van der Waals surface area (Å²) < 4.78 is 0. The number of anilines is 1. The third kappa shape index (κ3) is 5.89. The summed E-state index contributed by atoms with van der Waals surface area (Å²) in [6.45, 7) is 5.91. The van der Waals surface area contributed by atoms with Crippen molar-refractivity contribution in [2.75, 3.05) is 18.4 Å². The zero-order valence-electron chi connectivity index (χ0n) is 16.6. The smallest absolute Gasteiger partial charge is 0.173 e. The molecule has 0 saturated carbocycles. The molecule has 144 valence electrons. The van der Waals surface area contributed by atoms with Crippen LogP contribution in [0, 0.1) is 13.8 Å². The third-order valence-corrected chi connectivity index (χ3v) is 5.16. The van der Waals surface area contributed by atoms with E-state index < -0.39 is 0 Å². The average molecular weight is 390 g/mol. The van der Waals surface area contributed by atoms with Crippen molar-refractivity contribution in [1.29, 1.82) is 0 Å². The minimum atomic E-state index is 0.764. The molecule has 0 bridgehead atoms. The quantitative estimate of drug-likeness (QED) is 0.564.